The number of amides is 3. The van der Waals surface area contributed by atoms with Crippen LogP contribution in [0.1, 0.15) is 69.7 Å². The second-order valence-electron chi connectivity index (χ2n) is 10.0. The van der Waals surface area contributed by atoms with Crippen LogP contribution in [0.4, 0.5) is 4.79 Å². The Morgan fingerprint density at radius 1 is 1.11 bits per heavy atom. The number of hydrogen-bond acceptors (Lipinski definition) is 7. The van der Waals surface area contributed by atoms with Crippen LogP contribution in [0.5, 0.6) is 0 Å². The number of aryl methyl sites for hydroxylation is 2. The molecule has 2 unspecified atom stereocenters. The van der Waals surface area contributed by atoms with Crippen molar-refractivity contribution in [1.82, 2.24) is 15.5 Å². The minimum Gasteiger partial charge on any atom is -0.466 e. The van der Waals surface area contributed by atoms with Crippen LogP contribution in [0.2, 0.25) is 0 Å². The lowest BCUT2D eigenvalue weighted by molar-refractivity contribution is -0.144. The van der Waals surface area contributed by atoms with E-state index in [4.69, 9.17) is 9.47 Å². The van der Waals surface area contributed by atoms with E-state index in [-0.39, 0.29) is 31.4 Å². The Balaban J connectivity index is 2.35. The molecule has 2 rings (SSSR count). The lowest BCUT2D eigenvalue weighted by atomic mass is 9.98. The molecule has 0 spiro atoms. The van der Waals surface area contributed by atoms with Gasteiger partial charge in [0.15, 0.2) is 0 Å². The van der Waals surface area contributed by atoms with E-state index >= 15 is 0 Å². The second kappa shape index (κ2) is 13.0. The molecule has 2 N–H and O–H groups in total. The van der Waals surface area contributed by atoms with Crippen molar-refractivity contribution in [2.75, 3.05) is 18.9 Å². The van der Waals surface area contributed by atoms with Gasteiger partial charge in [-0.05, 0) is 59.9 Å². The van der Waals surface area contributed by atoms with Crippen molar-refractivity contribution in [3.8, 4) is 0 Å². The molecule has 1 fully saturated rings. The van der Waals surface area contributed by atoms with Crippen molar-refractivity contribution in [3.05, 3.63) is 34.9 Å². The smallest absolute Gasteiger partial charge is 0.408 e. The van der Waals surface area contributed by atoms with Crippen molar-refractivity contribution in [1.29, 1.82) is 0 Å². The number of alkyl carbamates (subject to hydrolysis) is 1. The summed E-state index contributed by atoms with van der Waals surface area (Å²) in [7, 11) is 0. The Bertz CT molecular complexity index is 937. The summed E-state index contributed by atoms with van der Waals surface area (Å²) in [4.78, 5) is 53.0. The van der Waals surface area contributed by atoms with Crippen LogP contribution < -0.4 is 10.6 Å². The molecule has 1 saturated carbocycles. The molecule has 1 aliphatic rings. The quantitative estimate of drug-likeness (QED) is 0.304. The van der Waals surface area contributed by atoms with Gasteiger partial charge < -0.3 is 25.0 Å². The summed E-state index contributed by atoms with van der Waals surface area (Å²) in [6, 6.07) is 3.67. The monoisotopic (exact) mass is 521 g/mol. The average Bonchev–Trinajstić information content (AvgIpc) is 3.58. The zero-order chi connectivity index (χ0) is 27.0. The number of hydrogen-bond donors (Lipinski definition) is 3. The Kier molecular flexibility index (Phi) is 10.6. The summed E-state index contributed by atoms with van der Waals surface area (Å²) in [5.41, 5.74) is 1.84. The predicted octanol–water partition coefficient (Wildman–Crippen LogP) is 3.23. The Hall–Kier alpha value is -2.75. The fourth-order valence-electron chi connectivity index (χ4n) is 3.91. The SMILES string of the molecule is CCOC(=O)CCNC(=O)C(c1cc(C)cc(C)c1)N(C(=O)C(CS)NC(=O)OC(C)(C)C)C1CC1. The van der Waals surface area contributed by atoms with Gasteiger partial charge in [0.1, 0.15) is 17.7 Å². The first-order valence-corrected chi connectivity index (χ1v) is 12.9. The third kappa shape index (κ3) is 9.04. The average molecular weight is 522 g/mol. The molecule has 0 heterocycles. The normalized spacial score (nSPS) is 14.9. The van der Waals surface area contributed by atoms with Gasteiger partial charge in [0.05, 0.1) is 13.0 Å². The van der Waals surface area contributed by atoms with E-state index < -0.39 is 41.6 Å². The van der Waals surface area contributed by atoms with Gasteiger partial charge in [0, 0.05) is 18.3 Å². The maximum absolute atomic E-state index is 13.8. The van der Waals surface area contributed by atoms with Gasteiger partial charge in [0.2, 0.25) is 11.8 Å². The minimum atomic E-state index is -0.982. The highest BCUT2D eigenvalue weighted by molar-refractivity contribution is 7.80. The summed E-state index contributed by atoms with van der Waals surface area (Å²) < 4.78 is 10.3. The van der Waals surface area contributed by atoms with Crippen molar-refractivity contribution < 1.29 is 28.7 Å². The number of esters is 1. The number of carbonyl (C=O) groups excluding carboxylic acids is 4. The first-order chi connectivity index (χ1) is 16.9. The van der Waals surface area contributed by atoms with Crippen LogP contribution in [-0.2, 0) is 23.9 Å². The zero-order valence-electron chi connectivity index (χ0n) is 22.1. The van der Waals surface area contributed by atoms with E-state index in [1.807, 2.05) is 32.0 Å². The summed E-state index contributed by atoms with van der Waals surface area (Å²) in [6.45, 7) is 11.1. The molecular formula is C26H39N3O6S. The van der Waals surface area contributed by atoms with E-state index in [2.05, 4.69) is 23.3 Å². The molecule has 1 aliphatic carbocycles. The van der Waals surface area contributed by atoms with Crippen LogP contribution in [0, 0.1) is 13.8 Å². The Morgan fingerprint density at radius 3 is 2.22 bits per heavy atom. The van der Waals surface area contributed by atoms with E-state index in [1.54, 1.807) is 32.6 Å². The number of thiol groups is 1. The molecule has 0 saturated heterocycles. The lowest BCUT2D eigenvalue weighted by Crippen LogP contribution is -2.54. The highest BCUT2D eigenvalue weighted by Gasteiger charge is 2.44. The van der Waals surface area contributed by atoms with E-state index in [0.717, 1.165) is 24.0 Å². The fourth-order valence-corrected chi connectivity index (χ4v) is 4.16. The standard InChI is InChI=1S/C26H39N3O6S/c1-7-34-21(30)10-11-27-23(31)22(18-13-16(2)12-17(3)14-18)29(19-8-9-19)24(32)20(15-36)28-25(33)35-26(4,5)6/h12-14,19-20,22,36H,7-11,15H2,1-6H3,(H,27,31)(H,28,33). The van der Waals surface area contributed by atoms with Gasteiger partial charge in [0.25, 0.3) is 0 Å². The van der Waals surface area contributed by atoms with Crippen LogP contribution >= 0.6 is 12.6 Å². The van der Waals surface area contributed by atoms with E-state index in [1.165, 1.54) is 0 Å². The Labute approximate surface area is 219 Å². The molecule has 0 aliphatic heterocycles. The lowest BCUT2D eigenvalue weighted by Gasteiger charge is -2.34. The molecule has 1 aromatic rings. The second-order valence-corrected chi connectivity index (χ2v) is 10.4. The number of nitrogens with one attached hydrogen (secondary N) is 2. The van der Waals surface area contributed by atoms with E-state index in [9.17, 15) is 19.2 Å². The van der Waals surface area contributed by atoms with Crippen LogP contribution in [0.15, 0.2) is 18.2 Å². The van der Waals surface area contributed by atoms with E-state index in [0.29, 0.717) is 5.56 Å². The third-order valence-corrected chi connectivity index (χ3v) is 5.75. The van der Waals surface area contributed by atoms with Crippen LogP contribution in [-0.4, -0.2) is 65.4 Å². The van der Waals surface area contributed by atoms with Crippen molar-refractivity contribution in [2.24, 2.45) is 0 Å². The summed E-state index contributed by atoms with van der Waals surface area (Å²) in [5, 5.41) is 5.40. The molecule has 1 aromatic carbocycles. The molecule has 0 aromatic heterocycles. The largest absolute Gasteiger partial charge is 0.466 e. The van der Waals surface area contributed by atoms with Crippen LogP contribution in [0.25, 0.3) is 0 Å². The van der Waals surface area contributed by atoms with Gasteiger partial charge in [-0.2, -0.15) is 12.6 Å². The molecule has 3 amide bonds. The van der Waals surface area contributed by atoms with Crippen LogP contribution in [0.3, 0.4) is 0 Å². The maximum Gasteiger partial charge on any atom is 0.408 e. The molecule has 36 heavy (non-hydrogen) atoms. The highest BCUT2D eigenvalue weighted by atomic mass is 32.1. The molecule has 0 bridgehead atoms. The van der Waals surface area contributed by atoms with Gasteiger partial charge in [-0.15, -0.1) is 0 Å². The van der Waals surface area contributed by atoms with Gasteiger partial charge in [-0.25, -0.2) is 4.79 Å². The molecule has 200 valence electrons. The molecular weight excluding hydrogens is 482 g/mol. The topological polar surface area (TPSA) is 114 Å². The zero-order valence-corrected chi connectivity index (χ0v) is 22.9. The molecule has 0 radical (unpaired) electrons. The molecule has 10 heteroatoms. The fraction of sp³-hybridized carbons (Fsp3) is 0.615. The number of benzene rings is 1. The summed E-state index contributed by atoms with van der Waals surface area (Å²) >= 11 is 4.29. The third-order valence-electron chi connectivity index (χ3n) is 5.39. The number of ether oxygens (including phenoxy) is 2. The van der Waals surface area contributed by atoms with Crippen molar-refractivity contribution in [2.45, 2.75) is 84.5 Å². The van der Waals surface area contributed by atoms with Gasteiger partial charge in [-0.3, -0.25) is 14.4 Å². The summed E-state index contributed by atoms with van der Waals surface area (Å²) in [6.07, 6.45) is 0.784. The van der Waals surface area contributed by atoms with Gasteiger partial charge in [-0.1, -0.05) is 29.3 Å². The predicted molar refractivity (Wildman–Crippen MR) is 140 cm³/mol. The first-order valence-electron chi connectivity index (χ1n) is 12.3. The Morgan fingerprint density at radius 2 is 1.72 bits per heavy atom. The molecule has 2 atom stereocenters. The van der Waals surface area contributed by atoms with Crippen molar-refractivity contribution >= 4 is 36.5 Å². The van der Waals surface area contributed by atoms with Crippen molar-refractivity contribution in [3.63, 3.8) is 0 Å². The van der Waals surface area contributed by atoms with Gasteiger partial charge >= 0.3 is 12.1 Å². The first kappa shape index (κ1) is 29.5. The number of carbonyl (C=O) groups is 4. The number of rotatable bonds is 11. The molecule has 9 nitrogen and oxygen atoms in total. The summed E-state index contributed by atoms with van der Waals surface area (Å²) in [5.74, 6) is -1.19. The minimum absolute atomic E-state index is 0.0238. The number of nitrogens with zero attached hydrogens (tertiary/aromatic N) is 1. The maximum atomic E-state index is 13.8. The highest BCUT2D eigenvalue weighted by Crippen LogP contribution is 2.36.